The van der Waals surface area contributed by atoms with Gasteiger partial charge >= 0.3 is 0 Å². The van der Waals surface area contributed by atoms with Crippen molar-refractivity contribution in [3.63, 3.8) is 0 Å². The third-order valence-corrected chi connectivity index (χ3v) is 4.74. The average molecular weight is 393 g/mol. The quantitative estimate of drug-likeness (QED) is 0.718. The molecule has 7 heteroatoms. The van der Waals surface area contributed by atoms with Crippen LogP contribution in [-0.4, -0.2) is 43.2 Å². The Bertz CT molecular complexity index is 779. The van der Waals surface area contributed by atoms with Crippen LogP contribution >= 0.6 is 23.4 Å². The van der Waals surface area contributed by atoms with Gasteiger partial charge in [0.15, 0.2) is 0 Å². The van der Waals surface area contributed by atoms with E-state index in [-0.39, 0.29) is 17.6 Å². The maximum Gasteiger partial charge on any atom is 0.253 e. The Morgan fingerprint density at radius 2 is 1.85 bits per heavy atom. The topological polar surface area (TPSA) is 58.6 Å². The van der Waals surface area contributed by atoms with E-state index in [4.69, 9.17) is 16.3 Å². The number of ether oxygens (including phenoxy) is 1. The zero-order valence-electron chi connectivity index (χ0n) is 14.9. The van der Waals surface area contributed by atoms with Gasteiger partial charge in [0.05, 0.1) is 23.1 Å². The first-order valence-corrected chi connectivity index (χ1v) is 9.43. The number of carbonyl (C=O) groups excluding carboxylic acids is 2. The highest BCUT2D eigenvalue weighted by atomic mass is 35.5. The summed E-state index contributed by atoms with van der Waals surface area (Å²) in [6, 6.07) is 12.4. The summed E-state index contributed by atoms with van der Waals surface area (Å²) >= 11 is 7.54. The summed E-state index contributed by atoms with van der Waals surface area (Å²) in [7, 11) is 3.34. The fraction of sp³-hybridized carbons (Fsp3) is 0.263. The second-order valence-electron chi connectivity index (χ2n) is 5.64. The minimum Gasteiger partial charge on any atom is -0.494 e. The lowest BCUT2D eigenvalue weighted by Gasteiger charge is -2.13. The van der Waals surface area contributed by atoms with Gasteiger partial charge < -0.3 is 15.0 Å². The minimum absolute atomic E-state index is 0.152. The molecule has 0 aliphatic rings. The number of carbonyl (C=O) groups is 2. The van der Waals surface area contributed by atoms with Gasteiger partial charge in [0.25, 0.3) is 5.91 Å². The average Bonchev–Trinajstić information content (AvgIpc) is 2.62. The van der Waals surface area contributed by atoms with Crippen LogP contribution in [0.4, 0.5) is 5.69 Å². The van der Waals surface area contributed by atoms with Crippen LogP contribution in [-0.2, 0) is 4.79 Å². The molecule has 0 aromatic heterocycles. The van der Waals surface area contributed by atoms with Crippen LogP contribution in [0.2, 0.25) is 5.02 Å². The molecule has 0 aliphatic carbocycles. The summed E-state index contributed by atoms with van der Waals surface area (Å²) in [5, 5.41) is 3.15. The van der Waals surface area contributed by atoms with Crippen molar-refractivity contribution < 1.29 is 14.3 Å². The van der Waals surface area contributed by atoms with Crippen molar-refractivity contribution in [2.45, 2.75) is 11.8 Å². The molecule has 0 unspecified atom stereocenters. The standard InChI is InChI=1S/C19H21ClN2O3S/c1-4-25-14-6-8-15(9-7-14)26-12-18(23)21-17-11-13(5-10-16(17)20)19(24)22(2)3/h5-11H,4,12H2,1-3H3,(H,21,23). The predicted octanol–water partition coefficient (Wildman–Crippen LogP) is 4.17. The molecule has 0 saturated heterocycles. The molecule has 138 valence electrons. The lowest BCUT2D eigenvalue weighted by molar-refractivity contribution is -0.113. The molecule has 2 amide bonds. The van der Waals surface area contributed by atoms with Crippen molar-refractivity contribution in [2.24, 2.45) is 0 Å². The Morgan fingerprint density at radius 1 is 1.15 bits per heavy atom. The molecule has 0 aliphatic heterocycles. The molecule has 0 bridgehead atoms. The van der Waals surface area contributed by atoms with Crippen molar-refractivity contribution in [1.82, 2.24) is 4.90 Å². The van der Waals surface area contributed by atoms with E-state index in [0.29, 0.717) is 22.9 Å². The van der Waals surface area contributed by atoms with Gasteiger partial charge in [-0.3, -0.25) is 9.59 Å². The van der Waals surface area contributed by atoms with Gasteiger partial charge in [-0.2, -0.15) is 0 Å². The van der Waals surface area contributed by atoms with Crippen molar-refractivity contribution in [3.05, 3.63) is 53.1 Å². The Morgan fingerprint density at radius 3 is 2.46 bits per heavy atom. The number of rotatable bonds is 7. The molecule has 0 fully saturated rings. The van der Waals surface area contributed by atoms with Gasteiger partial charge in [-0.25, -0.2) is 0 Å². The van der Waals surface area contributed by atoms with Gasteiger partial charge in [0.1, 0.15) is 5.75 Å². The molecule has 5 nitrogen and oxygen atoms in total. The highest BCUT2D eigenvalue weighted by molar-refractivity contribution is 8.00. The monoisotopic (exact) mass is 392 g/mol. The largest absolute Gasteiger partial charge is 0.494 e. The molecule has 0 atom stereocenters. The predicted molar refractivity (Wildman–Crippen MR) is 106 cm³/mol. The van der Waals surface area contributed by atoms with E-state index in [1.54, 1.807) is 32.3 Å². The molecule has 2 rings (SSSR count). The highest BCUT2D eigenvalue weighted by Crippen LogP contribution is 2.25. The fourth-order valence-electron chi connectivity index (χ4n) is 2.15. The molecule has 26 heavy (non-hydrogen) atoms. The number of nitrogens with one attached hydrogen (secondary N) is 1. The van der Waals surface area contributed by atoms with Crippen LogP contribution in [0.15, 0.2) is 47.4 Å². The fourth-order valence-corrected chi connectivity index (χ4v) is 3.01. The van der Waals surface area contributed by atoms with Crippen LogP contribution in [0.3, 0.4) is 0 Å². The smallest absolute Gasteiger partial charge is 0.253 e. The van der Waals surface area contributed by atoms with Gasteiger partial charge in [-0.05, 0) is 49.4 Å². The lowest BCUT2D eigenvalue weighted by atomic mass is 10.2. The molecular weight excluding hydrogens is 372 g/mol. The molecule has 0 saturated carbocycles. The second-order valence-corrected chi connectivity index (χ2v) is 7.09. The Hall–Kier alpha value is -2.18. The highest BCUT2D eigenvalue weighted by Gasteiger charge is 2.12. The molecule has 1 N–H and O–H groups in total. The van der Waals surface area contributed by atoms with E-state index in [2.05, 4.69) is 5.32 Å². The Labute approximate surface area is 162 Å². The molecule has 2 aromatic carbocycles. The number of benzene rings is 2. The van der Waals surface area contributed by atoms with Crippen LogP contribution in [0.1, 0.15) is 17.3 Å². The van der Waals surface area contributed by atoms with E-state index < -0.39 is 0 Å². The number of halogens is 1. The van der Waals surface area contributed by atoms with Crippen LogP contribution < -0.4 is 10.1 Å². The van der Waals surface area contributed by atoms with Crippen LogP contribution in [0.5, 0.6) is 5.75 Å². The summed E-state index contributed by atoms with van der Waals surface area (Å²) in [4.78, 5) is 26.7. The van der Waals surface area contributed by atoms with Gasteiger partial charge in [0, 0.05) is 24.6 Å². The zero-order valence-corrected chi connectivity index (χ0v) is 16.5. The van der Waals surface area contributed by atoms with Crippen molar-refractivity contribution >= 4 is 40.9 Å². The summed E-state index contributed by atoms with van der Waals surface area (Å²) in [5.74, 6) is 0.688. The number of hydrogen-bond acceptors (Lipinski definition) is 4. The zero-order chi connectivity index (χ0) is 19.1. The van der Waals surface area contributed by atoms with Crippen molar-refractivity contribution in [1.29, 1.82) is 0 Å². The molecular formula is C19H21ClN2O3S. The molecule has 0 radical (unpaired) electrons. The SMILES string of the molecule is CCOc1ccc(SCC(=O)Nc2cc(C(=O)N(C)C)ccc2Cl)cc1. The minimum atomic E-state index is -0.194. The van der Waals surface area contributed by atoms with Crippen LogP contribution in [0, 0.1) is 0 Å². The normalized spacial score (nSPS) is 10.3. The van der Waals surface area contributed by atoms with E-state index in [9.17, 15) is 9.59 Å². The third kappa shape index (κ3) is 5.68. The van der Waals surface area contributed by atoms with Gasteiger partial charge in [-0.1, -0.05) is 11.6 Å². The summed E-state index contributed by atoms with van der Waals surface area (Å²) in [6.45, 7) is 2.55. The Balaban J connectivity index is 1.96. The lowest BCUT2D eigenvalue weighted by Crippen LogP contribution is -2.22. The van der Waals surface area contributed by atoms with Gasteiger partial charge in [0.2, 0.25) is 5.91 Å². The molecule has 0 spiro atoms. The van der Waals surface area contributed by atoms with E-state index in [0.717, 1.165) is 10.6 Å². The van der Waals surface area contributed by atoms with E-state index in [1.807, 2.05) is 31.2 Å². The van der Waals surface area contributed by atoms with Crippen molar-refractivity contribution in [3.8, 4) is 5.75 Å². The summed E-state index contributed by atoms with van der Waals surface area (Å²) in [6.07, 6.45) is 0. The number of nitrogens with zero attached hydrogens (tertiary/aromatic N) is 1. The number of hydrogen-bond donors (Lipinski definition) is 1. The first-order chi connectivity index (χ1) is 12.4. The number of amides is 2. The second kappa shape index (κ2) is 9.50. The molecule has 0 heterocycles. The summed E-state index contributed by atoms with van der Waals surface area (Å²) in [5.41, 5.74) is 0.894. The summed E-state index contributed by atoms with van der Waals surface area (Å²) < 4.78 is 5.39. The van der Waals surface area contributed by atoms with Gasteiger partial charge in [-0.15, -0.1) is 11.8 Å². The first-order valence-electron chi connectivity index (χ1n) is 8.07. The maximum absolute atomic E-state index is 12.2. The molecule has 2 aromatic rings. The first kappa shape index (κ1) is 20.1. The van der Waals surface area contributed by atoms with E-state index in [1.165, 1.54) is 16.7 Å². The third-order valence-electron chi connectivity index (χ3n) is 3.40. The van der Waals surface area contributed by atoms with Crippen molar-refractivity contribution in [2.75, 3.05) is 31.8 Å². The number of thioether (sulfide) groups is 1. The Kier molecular flexibility index (Phi) is 7.36. The van der Waals surface area contributed by atoms with E-state index >= 15 is 0 Å². The maximum atomic E-state index is 12.2. The number of anilines is 1. The van der Waals surface area contributed by atoms with Crippen LogP contribution in [0.25, 0.3) is 0 Å².